The molecule has 7 rings (SSSR count). The summed E-state index contributed by atoms with van der Waals surface area (Å²) in [5, 5.41) is 14.4. The fourth-order valence-corrected chi connectivity index (χ4v) is 5.70. The molecule has 1 aliphatic carbocycles. The first kappa shape index (κ1) is 25.8. The topological polar surface area (TPSA) is 116 Å². The van der Waals surface area contributed by atoms with E-state index >= 15 is 0 Å². The Labute approximate surface area is 241 Å². The molecule has 10 heteroatoms. The highest BCUT2D eigenvalue weighted by Gasteiger charge is 2.28. The molecule has 1 saturated carbocycles. The maximum Gasteiger partial charge on any atom is 0.333 e. The molecule has 1 aliphatic rings. The molecule has 10 nitrogen and oxygen atoms in total. The van der Waals surface area contributed by atoms with E-state index in [1.807, 2.05) is 73.0 Å². The van der Waals surface area contributed by atoms with E-state index in [0.29, 0.717) is 41.8 Å². The zero-order valence-corrected chi connectivity index (χ0v) is 23.4. The van der Waals surface area contributed by atoms with E-state index in [4.69, 9.17) is 4.98 Å². The van der Waals surface area contributed by atoms with E-state index in [-0.39, 0.29) is 11.2 Å². The van der Waals surface area contributed by atoms with Crippen molar-refractivity contribution in [2.45, 2.75) is 45.8 Å². The summed E-state index contributed by atoms with van der Waals surface area (Å²) in [4.78, 5) is 32.7. The average Bonchev–Trinajstić information content (AvgIpc) is 3.55. The van der Waals surface area contributed by atoms with Crippen molar-refractivity contribution in [3.8, 4) is 22.5 Å². The number of hydrogen-bond donors (Lipinski definition) is 1. The fraction of sp³-hybridized carbons (Fsp3) is 0.250. The van der Waals surface area contributed by atoms with Crippen molar-refractivity contribution in [3.05, 3.63) is 117 Å². The lowest BCUT2D eigenvalue weighted by Gasteiger charge is -2.18. The lowest BCUT2D eigenvalue weighted by Crippen LogP contribution is -2.42. The fourth-order valence-electron chi connectivity index (χ4n) is 5.70. The van der Waals surface area contributed by atoms with Crippen molar-refractivity contribution in [3.63, 3.8) is 0 Å². The van der Waals surface area contributed by atoms with Crippen molar-refractivity contribution in [1.82, 2.24) is 39.3 Å². The zero-order valence-electron chi connectivity index (χ0n) is 23.4. The Bertz CT molecular complexity index is 2000. The van der Waals surface area contributed by atoms with Gasteiger partial charge in [0, 0.05) is 18.7 Å². The summed E-state index contributed by atoms with van der Waals surface area (Å²) in [6.45, 7) is 4.83. The summed E-state index contributed by atoms with van der Waals surface area (Å²) in [6, 6.07) is 25.5. The third kappa shape index (κ3) is 4.54. The molecular formula is C32H30N8O2. The maximum atomic E-state index is 14.1. The number of benzene rings is 3. The van der Waals surface area contributed by atoms with Crippen molar-refractivity contribution in [2.24, 2.45) is 5.92 Å². The Morgan fingerprint density at radius 2 is 1.62 bits per heavy atom. The van der Waals surface area contributed by atoms with E-state index in [2.05, 4.69) is 44.9 Å². The molecule has 3 aromatic carbocycles. The number of H-pyrrole nitrogens is 1. The number of nitrogens with one attached hydrogen (secondary N) is 1. The number of hydrogen-bond acceptors (Lipinski definition) is 6. The number of aromatic nitrogens is 8. The number of tetrazole rings is 1. The van der Waals surface area contributed by atoms with Gasteiger partial charge in [-0.05, 0) is 65.3 Å². The molecule has 210 valence electrons. The lowest BCUT2D eigenvalue weighted by atomic mass is 9.98. The molecule has 1 fully saturated rings. The second kappa shape index (κ2) is 10.4. The smallest absolute Gasteiger partial charge is 0.318 e. The lowest BCUT2D eigenvalue weighted by molar-refractivity contribution is 0.517. The molecule has 1 atom stereocenters. The van der Waals surface area contributed by atoms with E-state index < -0.39 is 6.04 Å². The molecule has 0 radical (unpaired) electrons. The summed E-state index contributed by atoms with van der Waals surface area (Å²) in [5.74, 6) is 1.74. The molecule has 0 amide bonds. The number of fused-ring (bicyclic) bond motifs is 1. The number of imidazole rings is 1. The largest absolute Gasteiger partial charge is 0.333 e. The predicted molar refractivity (Wildman–Crippen MR) is 160 cm³/mol. The Balaban J connectivity index is 1.30. The van der Waals surface area contributed by atoms with Gasteiger partial charge >= 0.3 is 5.69 Å². The van der Waals surface area contributed by atoms with Gasteiger partial charge in [0.15, 0.2) is 17.0 Å². The first-order chi connectivity index (χ1) is 20.5. The normalized spacial score (nSPS) is 14.0. The molecular weight excluding hydrogens is 528 g/mol. The zero-order chi connectivity index (χ0) is 28.8. The monoisotopic (exact) mass is 558 g/mol. The minimum atomic E-state index is -0.413. The molecule has 42 heavy (non-hydrogen) atoms. The summed E-state index contributed by atoms with van der Waals surface area (Å²) >= 11 is 0. The van der Waals surface area contributed by atoms with E-state index in [9.17, 15) is 9.59 Å². The molecule has 3 aromatic heterocycles. The SMILES string of the molecule is Cc1nc2c(c(=O)n(C(C)c3ccccc3)c(=O)n2CC2CC2)n1Cc1ccc(-c2ccccc2-c2nnn[nH]2)cc1. The molecule has 0 saturated heterocycles. The van der Waals surface area contributed by atoms with Crippen LogP contribution in [0.15, 0.2) is 88.5 Å². The van der Waals surface area contributed by atoms with Crippen LogP contribution in [-0.4, -0.2) is 39.3 Å². The quantitative estimate of drug-likeness (QED) is 0.292. The van der Waals surface area contributed by atoms with Gasteiger partial charge in [-0.15, -0.1) is 5.10 Å². The van der Waals surface area contributed by atoms with Crippen LogP contribution in [0.1, 0.15) is 42.8 Å². The van der Waals surface area contributed by atoms with Gasteiger partial charge in [-0.1, -0.05) is 78.9 Å². The van der Waals surface area contributed by atoms with Crippen LogP contribution in [0, 0.1) is 12.8 Å². The molecule has 6 aromatic rings. The third-order valence-corrected chi connectivity index (χ3v) is 8.19. The standard InChI is InChI=1S/C32H30N8O2/c1-20(24-8-4-3-5-9-24)40-31(41)28-30(39(32(40)42)19-22-12-13-22)33-21(2)38(28)18-23-14-16-25(17-15-23)26-10-6-7-11-27(26)29-34-36-37-35-29/h3-11,14-17,20,22H,12-13,18-19H2,1-2H3,(H,34,35,36,37). The van der Waals surface area contributed by atoms with Crippen LogP contribution in [0.4, 0.5) is 0 Å². The van der Waals surface area contributed by atoms with Crippen molar-refractivity contribution in [1.29, 1.82) is 0 Å². The Kier molecular flexibility index (Phi) is 6.38. The van der Waals surface area contributed by atoms with Crippen molar-refractivity contribution < 1.29 is 0 Å². The second-order valence-corrected chi connectivity index (χ2v) is 11.0. The van der Waals surface area contributed by atoms with Crippen LogP contribution < -0.4 is 11.2 Å². The van der Waals surface area contributed by atoms with Gasteiger partial charge in [0.05, 0.1) is 6.04 Å². The van der Waals surface area contributed by atoms with Crippen LogP contribution in [-0.2, 0) is 13.1 Å². The van der Waals surface area contributed by atoms with Gasteiger partial charge in [0.1, 0.15) is 5.82 Å². The summed E-state index contributed by atoms with van der Waals surface area (Å²) < 4.78 is 5.06. The predicted octanol–water partition coefficient (Wildman–Crippen LogP) is 4.58. The second-order valence-electron chi connectivity index (χ2n) is 11.0. The van der Waals surface area contributed by atoms with Crippen molar-refractivity contribution >= 4 is 11.2 Å². The summed E-state index contributed by atoms with van der Waals surface area (Å²) in [7, 11) is 0. The first-order valence-corrected chi connectivity index (χ1v) is 14.2. The Morgan fingerprint density at radius 1 is 0.905 bits per heavy atom. The molecule has 0 bridgehead atoms. The summed E-state index contributed by atoms with van der Waals surface area (Å²) in [5.41, 5.74) is 5.18. The highest BCUT2D eigenvalue weighted by Crippen LogP contribution is 2.32. The third-order valence-electron chi connectivity index (χ3n) is 8.19. The molecule has 1 N–H and O–H groups in total. The van der Waals surface area contributed by atoms with E-state index in [1.54, 1.807) is 4.57 Å². The van der Waals surface area contributed by atoms with Gasteiger partial charge in [-0.25, -0.2) is 14.9 Å². The van der Waals surface area contributed by atoms with Crippen LogP contribution in [0.2, 0.25) is 0 Å². The number of nitrogens with zero attached hydrogens (tertiary/aromatic N) is 7. The van der Waals surface area contributed by atoms with Crippen LogP contribution >= 0.6 is 0 Å². The molecule has 1 unspecified atom stereocenters. The van der Waals surface area contributed by atoms with E-state index in [1.165, 1.54) is 4.57 Å². The maximum absolute atomic E-state index is 14.1. The van der Waals surface area contributed by atoms with Crippen LogP contribution in [0.5, 0.6) is 0 Å². The van der Waals surface area contributed by atoms with Crippen LogP contribution in [0.3, 0.4) is 0 Å². The average molecular weight is 559 g/mol. The van der Waals surface area contributed by atoms with Gasteiger partial charge in [0.25, 0.3) is 5.56 Å². The minimum Gasteiger partial charge on any atom is -0.318 e. The number of rotatable bonds is 8. The number of aromatic amines is 1. The first-order valence-electron chi connectivity index (χ1n) is 14.2. The minimum absolute atomic E-state index is 0.301. The van der Waals surface area contributed by atoms with Gasteiger partial charge in [0.2, 0.25) is 0 Å². The van der Waals surface area contributed by atoms with Gasteiger partial charge in [-0.3, -0.25) is 13.9 Å². The van der Waals surface area contributed by atoms with Gasteiger partial charge < -0.3 is 4.57 Å². The molecule has 0 spiro atoms. The molecule has 3 heterocycles. The van der Waals surface area contributed by atoms with Crippen molar-refractivity contribution in [2.75, 3.05) is 0 Å². The Hall–Kier alpha value is -5.12. The molecule has 0 aliphatic heterocycles. The Morgan fingerprint density at radius 3 is 2.31 bits per heavy atom. The highest BCUT2D eigenvalue weighted by molar-refractivity contribution is 5.80. The van der Waals surface area contributed by atoms with Gasteiger partial charge in [-0.2, -0.15) is 0 Å². The van der Waals surface area contributed by atoms with E-state index in [0.717, 1.165) is 40.7 Å². The highest BCUT2D eigenvalue weighted by atomic mass is 16.2. The summed E-state index contributed by atoms with van der Waals surface area (Å²) in [6.07, 6.45) is 2.17. The van der Waals surface area contributed by atoms with Crippen LogP contribution in [0.25, 0.3) is 33.7 Å². The number of aryl methyl sites for hydroxylation is 1.